The number of nitrogens with one attached hydrogen (secondary N) is 1. The number of nitrogens with zero attached hydrogens (tertiary/aromatic N) is 1. The van der Waals surface area contributed by atoms with Gasteiger partial charge in [-0.25, -0.2) is 4.79 Å². The Labute approximate surface area is 95.9 Å². The highest BCUT2D eigenvalue weighted by molar-refractivity contribution is 6.30. The topological polar surface area (TPSA) is 66.0 Å². The molecule has 0 unspecified atom stereocenters. The molecule has 0 aliphatic heterocycles. The van der Waals surface area contributed by atoms with Crippen LogP contribution in [0.25, 0.3) is 11.3 Å². The fourth-order valence-corrected chi connectivity index (χ4v) is 2.27. The zero-order valence-corrected chi connectivity index (χ0v) is 8.88. The van der Waals surface area contributed by atoms with Crippen LogP contribution in [-0.2, 0) is 6.42 Å². The fraction of sp³-hybridized carbons (Fsp3) is 0.0909. The van der Waals surface area contributed by atoms with Gasteiger partial charge in [0.25, 0.3) is 0 Å². The van der Waals surface area contributed by atoms with Gasteiger partial charge >= 0.3 is 5.97 Å². The molecular weight excluding hydrogens is 228 g/mol. The number of rotatable bonds is 1. The van der Waals surface area contributed by atoms with Crippen molar-refractivity contribution in [1.29, 1.82) is 0 Å². The van der Waals surface area contributed by atoms with Crippen molar-refractivity contribution < 1.29 is 9.90 Å². The average molecular weight is 235 g/mol. The molecule has 0 spiro atoms. The first kappa shape index (κ1) is 9.42. The van der Waals surface area contributed by atoms with Crippen molar-refractivity contribution in [2.75, 3.05) is 0 Å². The lowest BCUT2D eigenvalue weighted by Crippen LogP contribution is -2.00. The maximum atomic E-state index is 10.9. The molecule has 0 saturated carbocycles. The Bertz CT molecular complexity index is 604. The van der Waals surface area contributed by atoms with Gasteiger partial charge in [0.1, 0.15) is 0 Å². The molecule has 1 aliphatic carbocycles. The number of carboxylic acid groups (broad SMARTS) is 1. The Morgan fingerprint density at radius 2 is 2.31 bits per heavy atom. The van der Waals surface area contributed by atoms with Crippen LogP contribution in [-0.4, -0.2) is 21.3 Å². The molecule has 0 saturated heterocycles. The van der Waals surface area contributed by atoms with Crippen LogP contribution < -0.4 is 0 Å². The van der Waals surface area contributed by atoms with E-state index in [-0.39, 0.29) is 5.69 Å². The van der Waals surface area contributed by atoms with Gasteiger partial charge in [-0.05, 0) is 17.7 Å². The van der Waals surface area contributed by atoms with Gasteiger partial charge in [-0.1, -0.05) is 17.7 Å². The summed E-state index contributed by atoms with van der Waals surface area (Å²) in [5.74, 6) is -1.00. The molecule has 3 rings (SSSR count). The first-order valence-corrected chi connectivity index (χ1v) is 5.14. The summed E-state index contributed by atoms with van der Waals surface area (Å²) in [7, 11) is 0. The molecule has 0 amide bonds. The number of fused-ring (bicyclic) bond motifs is 3. The van der Waals surface area contributed by atoms with Crippen LogP contribution in [0.1, 0.15) is 21.6 Å². The Hall–Kier alpha value is -1.81. The van der Waals surface area contributed by atoms with Gasteiger partial charge in [0.05, 0.1) is 5.69 Å². The van der Waals surface area contributed by atoms with E-state index in [9.17, 15) is 4.79 Å². The quantitative estimate of drug-likeness (QED) is 0.679. The number of aromatic amines is 1. The van der Waals surface area contributed by atoms with Crippen LogP contribution in [0.4, 0.5) is 0 Å². The second-order valence-corrected chi connectivity index (χ2v) is 4.15. The van der Waals surface area contributed by atoms with Crippen molar-refractivity contribution in [3.8, 4) is 11.3 Å². The number of halogens is 1. The number of carboxylic acids is 1. The molecule has 0 atom stereocenters. The molecule has 1 aliphatic rings. The maximum absolute atomic E-state index is 10.9. The molecule has 0 fully saturated rings. The summed E-state index contributed by atoms with van der Waals surface area (Å²) in [5, 5.41) is 16.2. The average Bonchev–Trinajstić information content (AvgIpc) is 2.74. The zero-order chi connectivity index (χ0) is 11.3. The maximum Gasteiger partial charge on any atom is 0.356 e. The minimum atomic E-state index is -1.00. The highest BCUT2D eigenvalue weighted by Crippen LogP contribution is 2.37. The monoisotopic (exact) mass is 234 g/mol. The van der Waals surface area contributed by atoms with Gasteiger partial charge in [0, 0.05) is 22.6 Å². The summed E-state index contributed by atoms with van der Waals surface area (Å²) in [4.78, 5) is 10.9. The first-order valence-electron chi connectivity index (χ1n) is 4.76. The van der Waals surface area contributed by atoms with Crippen molar-refractivity contribution in [3.63, 3.8) is 0 Å². The zero-order valence-electron chi connectivity index (χ0n) is 8.12. The van der Waals surface area contributed by atoms with Crippen LogP contribution in [0.5, 0.6) is 0 Å². The van der Waals surface area contributed by atoms with E-state index in [0.717, 1.165) is 22.4 Å². The second-order valence-electron chi connectivity index (χ2n) is 3.71. The molecule has 1 aromatic carbocycles. The number of benzene rings is 1. The first-order chi connectivity index (χ1) is 7.66. The largest absolute Gasteiger partial charge is 0.476 e. The highest BCUT2D eigenvalue weighted by Gasteiger charge is 2.27. The van der Waals surface area contributed by atoms with E-state index in [2.05, 4.69) is 10.2 Å². The van der Waals surface area contributed by atoms with Crippen molar-refractivity contribution in [2.45, 2.75) is 6.42 Å². The third-order valence-electron chi connectivity index (χ3n) is 2.77. The lowest BCUT2D eigenvalue weighted by Gasteiger charge is -1.98. The smallest absolute Gasteiger partial charge is 0.356 e. The molecule has 1 aromatic heterocycles. The van der Waals surface area contributed by atoms with E-state index in [1.807, 2.05) is 12.1 Å². The standard InChI is InChI=1S/C11H7ClN2O2/c12-6-1-2-7-5(3-6)4-8-9(7)13-14-10(8)11(15)16/h1-3H,4H2,(H,13,14)(H,15,16). The summed E-state index contributed by atoms with van der Waals surface area (Å²) >= 11 is 5.89. The van der Waals surface area contributed by atoms with Gasteiger partial charge in [0.15, 0.2) is 5.69 Å². The summed E-state index contributed by atoms with van der Waals surface area (Å²) in [6.07, 6.45) is 0.573. The number of H-pyrrole nitrogens is 1. The summed E-state index contributed by atoms with van der Waals surface area (Å²) in [6, 6.07) is 5.53. The van der Waals surface area contributed by atoms with E-state index >= 15 is 0 Å². The van der Waals surface area contributed by atoms with Crippen molar-refractivity contribution in [1.82, 2.24) is 10.2 Å². The third-order valence-corrected chi connectivity index (χ3v) is 3.01. The van der Waals surface area contributed by atoms with Crippen molar-refractivity contribution in [2.24, 2.45) is 0 Å². The minimum absolute atomic E-state index is 0.0994. The lowest BCUT2D eigenvalue weighted by molar-refractivity contribution is 0.0689. The molecule has 16 heavy (non-hydrogen) atoms. The molecule has 0 radical (unpaired) electrons. The third kappa shape index (κ3) is 1.17. The number of aromatic nitrogens is 2. The van der Waals surface area contributed by atoms with Crippen LogP contribution >= 0.6 is 11.6 Å². The van der Waals surface area contributed by atoms with Crippen LogP contribution in [0.2, 0.25) is 5.02 Å². The summed E-state index contributed by atoms with van der Waals surface area (Å²) in [6.45, 7) is 0. The van der Waals surface area contributed by atoms with Crippen molar-refractivity contribution in [3.05, 3.63) is 40.0 Å². The van der Waals surface area contributed by atoms with E-state index in [0.29, 0.717) is 11.4 Å². The molecule has 2 N–H and O–H groups in total. The van der Waals surface area contributed by atoms with Crippen molar-refractivity contribution >= 4 is 17.6 Å². The van der Waals surface area contributed by atoms with Gasteiger partial charge in [-0.3, -0.25) is 5.10 Å². The van der Waals surface area contributed by atoms with Gasteiger partial charge in [-0.2, -0.15) is 5.10 Å². The number of hydrogen-bond donors (Lipinski definition) is 2. The van der Waals surface area contributed by atoms with E-state index in [1.54, 1.807) is 6.07 Å². The van der Waals surface area contributed by atoms with E-state index in [4.69, 9.17) is 16.7 Å². The van der Waals surface area contributed by atoms with E-state index < -0.39 is 5.97 Å². The normalized spacial score (nSPS) is 12.3. The molecule has 1 heterocycles. The molecule has 4 nitrogen and oxygen atoms in total. The Morgan fingerprint density at radius 1 is 1.50 bits per heavy atom. The minimum Gasteiger partial charge on any atom is -0.476 e. The van der Waals surface area contributed by atoms with Crippen LogP contribution in [0, 0.1) is 0 Å². The predicted molar refractivity (Wildman–Crippen MR) is 58.8 cm³/mol. The van der Waals surface area contributed by atoms with Gasteiger partial charge in [0.2, 0.25) is 0 Å². The van der Waals surface area contributed by atoms with Crippen LogP contribution in [0.3, 0.4) is 0 Å². The SMILES string of the molecule is O=C(O)c1n[nH]c2c1Cc1cc(Cl)ccc1-2. The fourth-order valence-electron chi connectivity index (χ4n) is 2.08. The highest BCUT2D eigenvalue weighted by atomic mass is 35.5. The van der Waals surface area contributed by atoms with Gasteiger partial charge < -0.3 is 5.11 Å². The Morgan fingerprint density at radius 3 is 3.06 bits per heavy atom. The number of carbonyl (C=O) groups is 1. The second kappa shape index (κ2) is 3.09. The van der Waals surface area contributed by atoms with Crippen LogP contribution in [0.15, 0.2) is 18.2 Å². The van der Waals surface area contributed by atoms with Gasteiger partial charge in [-0.15, -0.1) is 0 Å². The predicted octanol–water partition coefficient (Wildman–Crippen LogP) is 2.33. The molecule has 80 valence electrons. The van der Waals surface area contributed by atoms with E-state index in [1.165, 1.54) is 0 Å². The summed E-state index contributed by atoms with van der Waals surface area (Å²) in [5.41, 5.74) is 3.66. The molecule has 0 bridgehead atoms. The summed E-state index contributed by atoms with van der Waals surface area (Å²) < 4.78 is 0. The molecular formula is C11H7ClN2O2. The lowest BCUT2D eigenvalue weighted by atomic mass is 10.1. The molecule has 2 aromatic rings. The Kier molecular flexibility index (Phi) is 1.82. The number of hydrogen-bond acceptors (Lipinski definition) is 2. The Balaban J connectivity index is 2.20. The number of aromatic carboxylic acids is 1. The molecule has 5 heteroatoms.